The molecule has 0 aliphatic rings. The lowest BCUT2D eigenvalue weighted by molar-refractivity contribution is -0.274. The number of nitriles is 1. The van der Waals surface area contributed by atoms with E-state index in [2.05, 4.69) is 9.47 Å². The molecule has 0 amide bonds. The molecule has 5 nitrogen and oxygen atoms in total. The Hall–Kier alpha value is -2.56. The Labute approximate surface area is 111 Å². The zero-order chi connectivity index (χ0) is 15.3. The summed E-state index contributed by atoms with van der Waals surface area (Å²) in [6, 6.07) is 3.19. The monoisotopic (exact) mass is 287 g/mol. The maximum Gasteiger partial charge on any atom is 0.573 e. The van der Waals surface area contributed by atoms with Crippen LogP contribution in [0.5, 0.6) is 5.75 Å². The zero-order valence-corrected chi connectivity index (χ0v) is 10.2. The van der Waals surface area contributed by atoms with Crippen molar-refractivity contribution < 1.29 is 32.2 Å². The van der Waals surface area contributed by atoms with Crippen LogP contribution in [0.3, 0.4) is 0 Å². The van der Waals surface area contributed by atoms with Crippen molar-refractivity contribution in [2.75, 3.05) is 6.61 Å². The largest absolute Gasteiger partial charge is 0.573 e. The van der Waals surface area contributed by atoms with E-state index in [1.54, 1.807) is 0 Å². The molecule has 1 aromatic carbocycles. The van der Waals surface area contributed by atoms with E-state index >= 15 is 0 Å². The average Bonchev–Trinajstić information content (AvgIpc) is 2.36. The number of esters is 1. The number of halogens is 3. The van der Waals surface area contributed by atoms with Crippen LogP contribution in [0.2, 0.25) is 0 Å². The van der Waals surface area contributed by atoms with Gasteiger partial charge in [-0.25, -0.2) is 4.79 Å². The molecular formula is C12H8F3NO4. The maximum atomic E-state index is 12.2. The van der Waals surface area contributed by atoms with Gasteiger partial charge in [0.1, 0.15) is 11.8 Å². The lowest BCUT2D eigenvalue weighted by atomic mass is 10.0. The first-order chi connectivity index (χ1) is 9.32. The van der Waals surface area contributed by atoms with E-state index in [-0.39, 0.29) is 18.5 Å². The fourth-order valence-corrected chi connectivity index (χ4v) is 1.38. The predicted molar refractivity (Wildman–Crippen MR) is 59.2 cm³/mol. The summed E-state index contributed by atoms with van der Waals surface area (Å²) in [5.74, 6) is -1.84. The van der Waals surface area contributed by atoms with Gasteiger partial charge in [-0.15, -0.1) is 13.2 Å². The number of carbonyl (C=O) groups is 2. The molecule has 0 saturated heterocycles. The predicted octanol–water partition coefficient (Wildman–Crippen LogP) is 2.45. The summed E-state index contributed by atoms with van der Waals surface area (Å²) >= 11 is 0. The number of hydrogen-bond acceptors (Lipinski definition) is 5. The molecule has 1 rings (SSSR count). The third-order valence-electron chi connectivity index (χ3n) is 2.12. The van der Waals surface area contributed by atoms with Gasteiger partial charge < -0.3 is 9.47 Å². The Morgan fingerprint density at radius 2 is 2.10 bits per heavy atom. The number of rotatable bonds is 4. The van der Waals surface area contributed by atoms with Crippen LogP contribution in [0, 0.1) is 11.3 Å². The highest BCUT2D eigenvalue weighted by molar-refractivity contribution is 5.93. The molecule has 0 radical (unpaired) electrons. The van der Waals surface area contributed by atoms with Crippen molar-refractivity contribution in [3.63, 3.8) is 0 Å². The Morgan fingerprint density at radius 3 is 2.55 bits per heavy atom. The van der Waals surface area contributed by atoms with Gasteiger partial charge in [0, 0.05) is 0 Å². The van der Waals surface area contributed by atoms with E-state index in [1.807, 2.05) is 0 Å². The first-order valence-electron chi connectivity index (χ1n) is 5.28. The molecule has 0 aliphatic heterocycles. The number of ether oxygens (including phenoxy) is 2. The number of nitrogens with zero attached hydrogens (tertiary/aromatic N) is 1. The van der Waals surface area contributed by atoms with Crippen molar-refractivity contribution >= 4 is 12.3 Å². The van der Waals surface area contributed by atoms with Crippen LogP contribution in [0.4, 0.5) is 13.2 Å². The summed E-state index contributed by atoms with van der Waals surface area (Å²) in [7, 11) is 0. The van der Waals surface area contributed by atoms with Crippen LogP contribution in [0.25, 0.3) is 0 Å². The summed E-state index contributed by atoms with van der Waals surface area (Å²) in [5, 5.41) is 8.81. The van der Waals surface area contributed by atoms with E-state index in [9.17, 15) is 22.8 Å². The molecule has 0 unspecified atom stereocenters. The fourth-order valence-electron chi connectivity index (χ4n) is 1.38. The van der Waals surface area contributed by atoms with E-state index in [0.29, 0.717) is 6.07 Å². The Morgan fingerprint density at radius 1 is 1.45 bits per heavy atom. The first kappa shape index (κ1) is 15.5. The van der Waals surface area contributed by atoms with E-state index < -0.39 is 29.2 Å². The normalized spacial score (nSPS) is 10.6. The molecule has 0 atom stereocenters. The molecule has 0 fully saturated rings. The minimum absolute atomic E-state index is 0.00557. The smallest absolute Gasteiger partial charge is 0.462 e. The van der Waals surface area contributed by atoms with E-state index in [0.717, 1.165) is 6.07 Å². The maximum absolute atomic E-state index is 12.2. The van der Waals surface area contributed by atoms with E-state index in [1.165, 1.54) is 13.0 Å². The quantitative estimate of drug-likeness (QED) is 0.628. The highest BCUT2D eigenvalue weighted by Gasteiger charge is 2.33. The molecular weight excluding hydrogens is 279 g/mol. The molecule has 1 aromatic rings. The highest BCUT2D eigenvalue weighted by Crippen LogP contribution is 2.29. The number of carbonyl (C=O) groups excluding carboxylic acids is 2. The van der Waals surface area contributed by atoms with E-state index in [4.69, 9.17) is 5.26 Å². The standard InChI is InChI=1S/C12H8F3NO4/c1-2-19-11(18)7-3-8(5-16)9(6-17)10(4-7)20-12(13,14)15/h3-4,6H,2H2,1H3. The minimum atomic E-state index is -5.06. The molecule has 106 valence electrons. The molecule has 0 saturated carbocycles. The molecule has 8 heteroatoms. The van der Waals surface area contributed by atoms with Crippen molar-refractivity contribution in [1.29, 1.82) is 5.26 Å². The van der Waals surface area contributed by atoms with Gasteiger partial charge in [-0.05, 0) is 19.1 Å². The van der Waals surface area contributed by atoms with Crippen LogP contribution in [0.15, 0.2) is 12.1 Å². The summed E-state index contributed by atoms with van der Waals surface area (Å²) in [4.78, 5) is 22.3. The Kier molecular flexibility index (Phi) is 4.69. The highest BCUT2D eigenvalue weighted by atomic mass is 19.4. The molecule has 0 bridgehead atoms. The van der Waals surface area contributed by atoms with Crippen molar-refractivity contribution in [2.45, 2.75) is 13.3 Å². The lowest BCUT2D eigenvalue weighted by Crippen LogP contribution is -2.19. The fraction of sp³-hybridized carbons (Fsp3) is 0.250. The van der Waals surface area contributed by atoms with Crippen LogP contribution in [0.1, 0.15) is 33.2 Å². The summed E-state index contributed by atoms with van der Waals surface area (Å²) in [6.45, 7) is 1.52. The summed E-state index contributed by atoms with van der Waals surface area (Å²) in [5.41, 5.74) is -1.31. The van der Waals surface area contributed by atoms with Gasteiger partial charge in [-0.3, -0.25) is 4.79 Å². The molecule has 0 aromatic heterocycles. The van der Waals surface area contributed by atoms with Crippen LogP contribution in [-0.2, 0) is 4.74 Å². The topological polar surface area (TPSA) is 76.4 Å². The third kappa shape index (κ3) is 3.71. The molecule has 0 spiro atoms. The molecule has 0 heterocycles. The van der Waals surface area contributed by atoms with Crippen molar-refractivity contribution in [3.8, 4) is 11.8 Å². The summed E-state index contributed by atoms with van der Waals surface area (Å²) in [6.07, 6.45) is -5.01. The summed E-state index contributed by atoms with van der Waals surface area (Å²) < 4.78 is 45.0. The van der Waals surface area contributed by atoms with Crippen LogP contribution >= 0.6 is 0 Å². The molecule has 0 N–H and O–H groups in total. The number of hydrogen-bond donors (Lipinski definition) is 0. The van der Waals surface area contributed by atoms with Gasteiger partial charge in [-0.1, -0.05) is 0 Å². The first-order valence-corrected chi connectivity index (χ1v) is 5.28. The Balaban J connectivity index is 3.39. The Bertz CT molecular complexity index is 575. The molecule has 20 heavy (non-hydrogen) atoms. The minimum Gasteiger partial charge on any atom is -0.462 e. The van der Waals surface area contributed by atoms with Gasteiger partial charge in [0.05, 0.1) is 23.3 Å². The number of alkyl halides is 3. The third-order valence-corrected chi connectivity index (χ3v) is 2.12. The lowest BCUT2D eigenvalue weighted by Gasteiger charge is -2.13. The molecule has 0 aliphatic carbocycles. The van der Waals surface area contributed by atoms with Gasteiger partial charge >= 0.3 is 12.3 Å². The number of benzene rings is 1. The van der Waals surface area contributed by atoms with Gasteiger partial charge in [-0.2, -0.15) is 5.26 Å². The van der Waals surface area contributed by atoms with Crippen molar-refractivity contribution in [3.05, 3.63) is 28.8 Å². The van der Waals surface area contributed by atoms with Gasteiger partial charge in [0.25, 0.3) is 0 Å². The van der Waals surface area contributed by atoms with Crippen LogP contribution < -0.4 is 4.74 Å². The second-order valence-electron chi connectivity index (χ2n) is 3.43. The zero-order valence-electron chi connectivity index (χ0n) is 10.2. The van der Waals surface area contributed by atoms with Crippen molar-refractivity contribution in [2.24, 2.45) is 0 Å². The van der Waals surface area contributed by atoms with Gasteiger partial charge in [0.15, 0.2) is 6.29 Å². The van der Waals surface area contributed by atoms with Gasteiger partial charge in [0.2, 0.25) is 0 Å². The number of aldehydes is 1. The second-order valence-corrected chi connectivity index (χ2v) is 3.43. The van der Waals surface area contributed by atoms with Crippen molar-refractivity contribution in [1.82, 2.24) is 0 Å². The second kappa shape index (κ2) is 6.06. The SMILES string of the molecule is CCOC(=O)c1cc(C#N)c(C=O)c(OC(F)(F)F)c1. The van der Waals surface area contributed by atoms with Crippen LogP contribution in [-0.4, -0.2) is 25.2 Å². The average molecular weight is 287 g/mol.